The summed E-state index contributed by atoms with van der Waals surface area (Å²) in [6.07, 6.45) is 1.75. The zero-order valence-electron chi connectivity index (χ0n) is 18.9. The number of rotatable bonds is 6. The summed E-state index contributed by atoms with van der Waals surface area (Å²) in [6.45, 7) is -0.707. The number of ketones is 1. The second-order valence-electron chi connectivity index (χ2n) is 8.94. The number of hydrogen-bond acceptors (Lipinski definition) is 9. The van der Waals surface area contributed by atoms with Gasteiger partial charge in [0.2, 0.25) is 0 Å². The van der Waals surface area contributed by atoms with Gasteiger partial charge in [0.05, 0.1) is 12.5 Å². The highest BCUT2D eigenvalue weighted by Crippen LogP contribution is 2.42. The molecule has 5 rings (SSSR count). The van der Waals surface area contributed by atoms with Crippen molar-refractivity contribution in [3.63, 3.8) is 0 Å². The van der Waals surface area contributed by atoms with Gasteiger partial charge in [0, 0.05) is 31.1 Å². The van der Waals surface area contributed by atoms with Crippen molar-refractivity contribution >= 4 is 17.7 Å². The average Bonchev–Trinajstić information content (AvgIpc) is 3.14. The number of aliphatic hydroxyl groups excluding tert-OH is 1. The molecule has 1 aliphatic carbocycles. The van der Waals surface area contributed by atoms with Crippen LogP contribution in [-0.4, -0.2) is 70.6 Å². The van der Waals surface area contributed by atoms with Gasteiger partial charge in [0.1, 0.15) is 24.7 Å². The lowest BCUT2D eigenvalue weighted by Gasteiger charge is -2.49. The summed E-state index contributed by atoms with van der Waals surface area (Å²) in [5.74, 6) is -5.02. The molecule has 184 valence electrons. The third-order valence-electron chi connectivity index (χ3n) is 6.86. The SMILES string of the molecule is O=C1OC2(CC(C(=O)c3ncccc3OCCF)CCN2C2Cc3ccccc3CC2O)OC1=O. The van der Waals surface area contributed by atoms with Crippen LogP contribution < -0.4 is 4.74 Å². The summed E-state index contributed by atoms with van der Waals surface area (Å²) in [6, 6.07) is 10.4. The number of hydrogen-bond donors (Lipinski definition) is 1. The molecule has 3 aliphatic rings. The number of alkyl halides is 1. The number of fused-ring (bicyclic) bond motifs is 1. The Morgan fingerprint density at radius 2 is 1.86 bits per heavy atom. The van der Waals surface area contributed by atoms with Crippen LogP contribution in [-0.2, 0) is 31.9 Å². The van der Waals surface area contributed by atoms with Crippen LogP contribution in [0.1, 0.15) is 34.5 Å². The van der Waals surface area contributed by atoms with Crippen LogP contribution in [0.2, 0.25) is 0 Å². The summed E-state index contributed by atoms with van der Waals surface area (Å²) in [4.78, 5) is 43.5. The number of nitrogens with zero attached hydrogens (tertiary/aromatic N) is 2. The van der Waals surface area contributed by atoms with E-state index in [0.29, 0.717) is 19.3 Å². The van der Waals surface area contributed by atoms with Crippen molar-refractivity contribution in [2.45, 2.75) is 43.7 Å². The van der Waals surface area contributed by atoms with Crippen LogP contribution in [0.4, 0.5) is 4.39 Å². The molecule has 3 atom stereocenters. The monoisotopic (exact) mass is 484 g/mol. The standard InChI is InChI=1S/C25H25FN2O7/c26-8-11-33-20-6-3-9-27-21(20)22(30)17-7-10-28(25(14-17)34-23(31)24(32)35-25)18-12-15-4-1-2-5-16(15)13-19(18)29/h1-6,9,17-19,29H,7-8,10-14H2. The number of benzene rings is 1. The number of carbonyl (C=O) groups is 3. The van der Waals surface area contributed by atoms with Crippen LogP contribution in [0.3, 0.4) is 0 Å². The Morgan fingerprint density at radius 3 is 2.57 bits per heavy atom. The van der Waals surface area contributed by atoms with Crippen molar-refractivity contribution in [3.05, 3.63) is 59.4 Å². The second-order valence-corrected chi connectivity index (χ2v) is 8.94. The average molecular weight is 484 g/mol. The van der Waals surface area contributed by atoms with Crippen LogP contribution in [0.5, 0.6) is 5.75 Å². The molecule has 1 aromatic heterocycles. The van der Waals surface area contributed by atoms with Crippen molar-refractivity contribution in [1.82, 2.24) is 9.88 Å². The molecule has 0 saturated carbocycles. The van der Waals surface area contributed by atoms with Gasteiger partial charge in [0.25, 0.3) is 0 Å². The Kier molecular flexibility index (Phi) is 6.24. The summed E-state index contributed by atoms with van der Waals surface area (Å²) in [5, 5.41) is 11.0. The highest BCUT2D eigenvalue weighted by molar-refractivity contribution is 6.31. The van der Waals surface area contributed by atoms with E-state index in [1.165, 1.54) is 12.3 Å². The van der Waals surface area contributed by atoms with Gasteiger partial charge in [-0.3, -0.25) is 4.79 Å². The molecule has 0 radical (unpaired) electrons. The number of ether oxygens (including phenoxy) is 3. The van der Waals surface area contributed by atoms with Gasteiger partial charge < -0.3 is 19.3 Å². The molecule has 0 bridgehead atoms. The minimum absolute atomic E-state index is 0.0387. The van der Waals surface area contributed by atoms with Gasteiger partial charge in [-0.25, -0.2) is 23.9 Å². The highest BCUT2D eigenvalue weighted by atomic mass is 19.1. The summed E-state index contributed by atoms with van der Waals surface area (Å²) >= 11 is 0. The first-order valence-corrected chi connectivity index (χ1v) is 11.6. The van der Waals surface area contributed by atoms with E-state index in [1.807, 2.05) is 24.3 Å². The first-order valence-electron chi connectivity index (χ1n) is 11.6. The number of carbonyl (C=O) groups excluding carboxylic acids is 3. The van der Waals surface area contributed by atoms with E-state index >= 15 is 0 Å². The van der Waals surface area contributed by atoms with E-state index < -0.39 is 42.6 Å². The number of likely N-dealkylation sites (tertiary alicyclic amines) is 1. The summed E-state index contributed by atoms with van der Waals surface area (Å²) < 4.78 is 28.9. The lowest BCUT2D eigenvalue weighted by molar-refractivity contribution is -0.285. The highest BCUT2D eigenvalue weighted by Gasteiger charge is 2.59. The number of piperidine rings is 1. The molecule has 2 aliphatic heterocycles. The molecule has 9 nitrogen and oxygen atoms in total. The lowest BCUT2D eigenvalue weighted by Crippen LogP contribution is -2.63. The van der Waals surface area contributed by atoms with Gasteiger partial charge in [0.15, 0.2) is 5.78 Å². The van der Waals surface area contributed by atoms with E-state index in [-0.39, 0.29) is 36.8 Å². The number of aromatic nitrogens is 1. The second kappa shape index (κ2) is 9.35. The fourth-order valence-corrected chi connectivity index (χ4v) is 5.26. The van der Waals surface area contributed by atoms with Gasteiger partial charge in [-0.2, -0.15) is 0 Å². The number of aliphatic hydroxyl groups is 1. The Balaban J connectivity index is 1.43. The summed E-state index contributed by atoms with van der Waals surface area (Å²) in [5.41, 5.74) is 2.12. The van der Waals surface area contributed by atoms with Crippen molar-refractivity contribution in [2.24, 2.45) is 5.92 Å². The predicted octanol–water partition coefficient (Wildman–Crippen LogP) is 1.61. The molecule has 10 heteroatoms. The van der Waals surface area contributed by atoms with Crippen LogP contribution >= 0.6 is 0 Å². The fourth-order valence-electron chi connectivity index (χ4n) is 5.26. The maximum atomic E-state index is 13.4. The third kappa shape index (κ3) is 4.28. The van der Waals surface area contributed by atoms with Gasteiger partial charge >= 0.3 is 17.8 Å². The number of Topliss-reactive ketones (excluding diaryl/α,β-unsaturated/α-hetero) is 1. The minimum Gasteiger partial charge on any atom is -0.488 e. The van der Waals surface area contributed by atoms with Crippen LogP contribution in [0, 0.1) is 5.92 Å². The normalized spacial score (nSPS) is 25.6. The Morgan fingerprint density at radius 1 is 1.14 bits per heavy atom. The summed E-state index contributed by atoms with van der Waals surface area (Å²) in [7, 11) is 0. The van der Waals surface area contributed by atoms with Gasteiger partial charge in [-0.1, -0.05) is 24.3 Å². The molecule has 0 amide bonds. The zero-order valence-corrected chi connectivity index (χ0v) is 18.9. The maximum Gasteiger partial charge on any atom is 0.421 e. The van der Waals surface area contributed by atoms with E-state index in [4.69, 9.17) is 14.2 Å². The minimum atomic E-state index is -1.81. The zero-order chi connectivity index (χ0) is 24.6. The van der Waals surface area contributed by atoms with Crippen molar-refractivity contribution in [3.8, 4) is 5.75 Å². The van der Waals surface area contributed by atoms with Gasteiger partial charge in [-0.15, -0.1) is 0 Å². The number of halogens is 1. The molecule has 3 unspecified atom stereocenters. The van der Waals surface area contributed by atoms with Crippen molar-refractivity contribution < 1.29 is 38.1 Å². The lowest BCUT2D eigenvalue weighted by atomic mass is 9.82. The van der Waals surface area contributed by atoms with Crippen molar-refractivity contribution in [2.75, 3.05) is 19.8 Å². The molecular formula is C25H25FN2O7. The first kappa shape index (κ1) is 23.4. The predicted molar refractivity (Wildman–Crippen MR) is 118 cm³/mol. The molecule has 1 N–H and O–H groups in total. The van der Waals surface area contributed by atoms with E-state index in [2.05, 4.69) is 4.98 Å². The molecule has 3 heterocycles. The Bertz CT molecular complexity index is 1140. The largest absolute Gasteiger partial charge is 0.488 e. The molecule has 35 heavy (non-hydrogen) atoms. The van der Waals surface area contributed by atoms with E-state index in [1.54, 1.807) is 11.0 Å². The third-order valence-corrected chi connectivity index (χ3v) is 6.86. The Hall–Kier alpha value is -3.37. The van der Waals surface area contributed by atoms with E-state index in [0.717, 1.165) is 11.1 Å². The molecule has 2 saturated heterocycles. The topological polar surface area (TPSA) is 115 Å². The van der Waals surface area contributed by atoms with Crippen molar-refractivity contribution in [1.29, 1.82) is 0 Å². The number of esters is 2. The Labute approximate surface area is 200 Å². The van der Waals surface area contributed by atoms with E-state index in [9.17, 15) is 23.9 Å². The number of pyridine rings is 1. The van der Waals surface area contributed by atoms with Crippen LogP contribution in [0.15, 0.2) is 42.6 Å². The molecule has 2 aromatic rings. The molecule has 2 fully saturated rings. The molecule has 1 aromatic carbocycles. The fraction of sp³-hybridized carbons (Fsp3) is 0.440. The molecular weight excluding hydrogens is 459 g/mol. The maximum absolute atomic E-state index is 13.4. The molecule has 1 spiro atoms. The first-order chi connectivity index (χ1) is 16.9. The smallest absolute Gasteiger partial charge is 0.421 e. The van der Waals surface area contributed by atoms with Crippen LogP contribution in [0.25, 0.3) is 0 Å². The van der Waals surface area contributed by atoms with Gasteiger partial charge in [-0.05, 0) is 36.1 Å². The quantitative estimate of drug-likeness (QED) is 0.371.